The number of hydrogen-bond acceptors (Lipinski definition) is 4. The van der Waals surface area contributed by atoms with E-state index in [1.165, 1.54) is 38.2 Å². The van der Waals surface area contributed by atoms with Crippen LogP contribution in [0.25, 0.3) is 22.3 Å². The Morgan fingerprint density at radius 2 is 2.04 bits per heavy atom. The lowest BCUT2D eigenvalue weighted by Crippen LogP contribution is -2.13. The maximum absolute atomic E-state index is 14.6. The van der Waals surface area contributed by atoms with Gasteiger partial charge in [-0.2, -0.15) is 4.98 Å². The number of nitrogens with zero attached hydrogens (tertiary/aromatic N) is 4. The highest BCUT2D eigenvalue weighted by Crippen LogP contribution is 2.33. The Balaban J connectivity index is 1.73. The molecule has 0 bridgehead atoms. The van der Waals surface area contributed by atoms with Gasteiger partial charge in [-0.1, -0.05) is 36.6 Å². The smallest absolute Gasteiger partial charge is 0.241 e. The molecule has 0 unspecified atom stereocenters. The molecule has 0 amide bonds. The summed E-state index contributed by atoms with van der Waals surface area (Å²) in [4.78, 5) is 6.48. The molecule has 3 aromatic rings. The summed E-state index contributed by atoms with van der Waals surface area (Å²) in [7, 11) is 3.91. The summed E-state index contributed by atoms with van der Waals surface area (Å²) in [5.41, 5.74) is 1.48. The van der Waals surface area contributed by atoms with E-state index in [-0.39, 0.29) is 5.82 Å². The summed E-state index contributed by atoms with van der Waals surface area (Å²) in [6.07, 6.45) is 8.31. The lowest BCUT2D eigenvalue weighted by atomic mass is 9.89. The highest BCUT2D eigenvalue weighted by Gasteiger charge is 2.21. The van der Waals surface area contributed by atoms with Gasteiger partial charge in [0.15, 0.2) is 0 Å². The summed E-state index contributed by atoms with van der Waals surface area (Å²) in [5.74, 6) is 1.51. The minimum Gasteiger partial charge on any atom is -0.344 e. The van der Waals surface area contributed by atoms with Crippen LogP contribution in [0.15, 0.2) is 28.9 Å². The van der Waals surface area contributed by atoms with E-state index in [4.69, 9.17) is 4.52 Å². The van der Waals surface area contributed by atoms with Crippen LogP contribution in [0.5, 0.6) is 0 Å². The Morgan fingerprint density at radius 1 is 1.23 bits per heavy atom. The van der Waals surface area contributed by atoms with Crippen molar-refractivity contribution in [3.8, 4) is 11.4 Å². The van der Waals surface area contributed by atoms with Crippen LogP contribution >= 0.6 is 0 Å². The van der Waals surface area contributed by atoms with Crippen molar-refractivity contribution < 1.29 is 8.91 Å². The maximum Gasteiger partial charge on any atom is 0.241 e. The first-order valence-corrected chi connectivity index (χ1v) is 9.37. The number of fused-ring (bicyclic) bond motifs is 1. The first kappa shape index (κ1) is 17.2. The second kappa shape index (κ2) is 7.19. The summed E-state index contributed by atoms with van der Waals surface area (Å²) in [6.45, 7) is 1.43. The largest absolute Gasteiger partial charge is 0.344 e. The molecule has 2 heterocycles. The van der Waals surface area contributed by atoms with Crippen LogP contribution in [0.1, 0.15) is 38.0 Å². The van der Waals surface area contributed by atoms with E-state index in [1.807, 2.05) is 31.3 Å². The number of benzene rings is 1. The predicted octanol–water partition coefficient (Wildman–Crippen LogP) is 4.47. The van der Waals surface area contributed by atoms with Crippen LogP contribution in [-0.2, 0) is 13.1 Å². The zero-order valence-corrected chi connectivity index (χ0v) is 15.4. The fourth-order valence-electron chi connectivity index (χ4n) is 3.98. The fourth-order valence-corrected chi connectivity index (χ4v) is 3.98. The molecular weight excluding hydrogens is 331 g/mol. The summed E-state index contributed by atoms with van der Waals surface area (Å²) in [6, 6.07) is 5.21. The average molecular weight is 356 g/mol. The molecule has 26 heavy (non-hydrogen) atoms. The van der Waals surface area contributed by atoms with E-state index in [9.17, 15) is 4.39 Å². The fraction of sp³-hybridized carbons (Fsp3) is 0.500. The van der Waals surface area contributed by atoms with E-state index in [1.54, 1.807) is 6.07 Å². The van der Waals surface area contributed by atoms with Gasteiger partial charge in [0, 0.05) is 23.7 Å². The van der Waals surface area contributed by atoms with Gasteiger partial charge in [-0.3, -0.25) is 0 Å². The van der Waals surface area contributed by atoms with Crippen LogP contribution in [0, 0.1) is 11.7 Å². The molecule has 0 radical (unpaired) electrons. The molecule has 1 aromatic carbocycles. The molecular formula is C20H25FN4O. The van der Waals surface area contributed by atoms with E-state index in [0.29, 0.717) is 29.7 Å². The van der Waals surface area contributed by atoms with Crippen molar-refractivity contribution in [2.45, 2.75) is 45.2 Å². The van der Waals surface area contributed by atoms with Crippen LogP contribution in [0.4, 0.5) is 4.39 Å². The van der Waals surface area contributed by atoms with Crippen molar-refractivity contribution in [3.63, 3.8) is 0 Å². The molecule has 1 aliphatic rings. The van der Waals surface area contributed by atoms with E-state index in [0.717, 1.165) is 17.5 Å². The Kier molecular flexibility index (Phi) is 4.76. The lowest BCUT2D eigenvalue weighted by molar-refractivity contribution is 0.303. The van der Waals surface area contributed by atoms with Crippen LogP contribution in [-0.4, -0.2) is 33.7 Å². The highest BCUT2D eigenvalue weighted by molar-refractivity contribution is 5.94. The van der Waals surface area contributed by atoms with Gasteiger partial charge < -0.3 is 14.0 Å². The molecule has 138 valence electrons. The van der Waals surface area contributed by atoms with Gasteiger partial charge in [0.2, 0.25) is 11.7 Å². The molecule has 1 saturated carbocycles. The van der Waals surface area contributed by atoms with E-state index < -0.39 is 0 Å². The molecule has 5 nitrogen and oxygen atoms in total. The van der Waals surface area contributed by atoms with Gasteiger partial charge >= 0.3 is 0 Å². The molecule has 0 aliphatic heterocycles. The lowest BCUT2D eigenvalue weighted by Gasteiger charge is -2.22. The minimum atomic E-state index is -0.193. The van der Waals surface area contributed by atoms with Crippen molar-refractivity contribution in [1.29, 1.82) is 0 Å². The third kappa shape index (κ3) is 3.38. The Bertz CT molecular complexity index is 892. The third-order valence-corrected chi connectivity index (χ3v) is 5.19. The number of halogens is 1. The Hall–Kier alpha value is -2.21. The number of hydrogen-bond donors (Lipinski definition) is 0. The standard InChI is InChI=1S/C20H25FN4O/c1-24(2)13-18-22-20(23-26-18)16-12-25(11-14-7-4-3-5-8-14)19-15(16)9-6-10-17(19)21/h6,9-10,12,14H,3-5,7-8,11,13H2,1-2H3. The Morgan fingerprint density at radius 3 is 2.81 bits per heavy atom. The Labute approximate surface area is 152 Å². The third-order valence-electron chi connectivity index (χ3n) is 5.19. The predicted molar refractivity (Wildman–Crippen MR) is 99.2 cm³/mol. The van der Waals surface area contributed by atoms with Crippen molar-refractivity contribution in [1.82, 2.24) is 19.6 Å². The first-order valence-electron chi connectivity index (χ1n) is 9.37. The summed E-state index contributed by atoms with van der Waals surface area (Å²) >= 11 is 0. The molecule has 0 atom stereocenters. The number of aromatic nitrogens is 3. The zero-order chi connectivity index (χ0) is 18.1. The van der Waals surface area contributed by atoms with Gasteiger partial charge in [-0.15, -0.1) is 0 Å². The molecule has 1 aliphatic carbocycles. The molecule has 0 N–H and O–H groups in total. The molecule has 0 saturated heterocycles. The second-order valence-electron chi connectivity index (χ2n) is 7.58. The van der Waals surface area contributed by atoms with Crippen molar-refractivity contribution in [2.75, 3.05) is 14.1 Å². The molecule has 6 heteroatoms. The van der Waals surface area contributed by atoms with Crippen molar-refractivity contribution >= 4 is 10.9 Å². The number of para-hydroxylation sites is 1. The topological polar surface area (TPSA) is 47.1 Å². The van der Waals surface area contributed by atoms with Crippen LogP contribution in [0.3, 0.4) is 0 Å². The normalized spacial score (nSPS) is 16.0. The molecule has 2 aromatic heterocycles. The van der Waals surface area contributed by atoms with Crippen molar-refractivity contribution in [3.05, 3.63) is 36.1 Å². The monoisotopic (exact) mass is 356 g/mol. The summed E-state index contributed by atoms with van der Waals surface area (Å²) in [5, 5.41) is 4.98. The van der Waals surface area contributed by atoms with Crippen LogP contribution < -0.4 is 0 Å². The van der Waals surface area contributed by atoms with Gasteiger partial charge in [0.25, 0.3) is 0 Å². The molecule has 1 fully saturated rings. The van der Waals surface area contributed by atoms with E-state index in [2.05, 4.69) is 14.7 Å². The maximum atomic E-state index is 14.6. The van der Waals surface area contributed by atoms with Crippen molar-refractivity contribution in [2.24, 2.45) is 5.92 Å². The zero-order valence-electron chi connectivity index (χ0n) is 15.4. The average Bonchev–Trinajstić information content (AvgIpc) is 3.21. The van der Waals surface area contributed by atoms with Gasteiger partial charge in [-0.05, 0) is 38.9 Å². The minimum absolute atomic E-state index is 0.193. The SMILES string of the molecule is CN(C)Cc1nc(-c2cn(CC3CCCCC3)c3c(F)cccc23)no1. The first-order chi connectivity index (χ1) is 12.6. The summed E-state index contributed by atoms with van der Waals surface area (Å²) < 4.78 is 22.0. The van der Waals surface area contributed by atoms with Gasteiger partial charge in [-0.25, -0.2) is 4.39 Å². The highest BCUT2D eigenvalue weighted by atomic mass is 19.1. The van der Waals surface area contributed by atoms with Crippen LogP contribution in [0.2, 0.25) is 0 Å². The molecule has 4 rings (SSSR count). The quantitative estimate of drug-likeness (QED) is 0.677. The second-order valence-corrected chi connectivity index (χ2v) is 7.58. The number of rotatable bonds is 5. The van der Waals surface area contributed by atoms with E-state index >= 15 is 0 Å². The molecule has 0 spiro atoms. The van der Waals surface area contributed by atoms with Gasteiger partial charge in [0.05, 0.1) is 12.1 Å². The van der Waals surface area contributed by atoms with Gasteiger partial charge in [0.1, 0.15) is 5.82 Å².